The summed E-state index contributed by atoms with van der Waals surface area (Å²) in [4.78, 5) is 11.3. The number of carbonyl (C=O) groups is 1. The van der Waals surface area contributed by atoms with Crippen molar-refractivity contribution in [1.29, 1.82) is 0 Å². The monoisotopic (exact) mass is 378 g/mol. The van der Waals surface area contributed by atoms with Gasteiger partial charge in [0.2, 0.25) is 0 Å². The van der Waals surface area contributed by atoms with E-state index < -0.39 is 32.8 Å². The highest BCUT2D eigenvalue weighted by atomic mass is 35.5. The minimum Gasteiger partial charge on any atom is -0.481 e. The van der Waals surface area contributed by atoms with Crippen LogP contribution in [-0.4, -0.2) is 37.5 Å². The highest BCUT2D eigenvalue weighted by molar-refractivity contribution is 7.92. The second-order valence-electron chi connectivity index (χ2n) is 6.30. The van der Waals surface area contributed by atoms with Gasteiger partial charge in [-0.15, -0.1) is 0 Å². The van der Waals surface area contributed by atoms with Crippen molar-refractivity contribution in [1.82, 2.24) is 0 Å². The number of sulfone groups is 1. The molecule has 0 unspecified atom stereocenters. The molecule has 0 heterocycles. The minimum absolute atomic E-state index is 0.00249. The van der Waals surface area contributed by atoms with E-state index in [-0.39, 0.29) is 41.4 Å². The molecule has 134 valence electrons. The number of hydrogen-bond acceptors (Lipinski definition) is 4. The normalized spacial score (nSPS) is 24.5. The number of hydrogen-bond donors (Lipinski definition) is 1. The molecule has 0 saturated heterocycles. The van der Waals surface area contributed by atoms with Crippen molar-refractivity contribution in [2.45, 2.75) is 42.9 Å². The van der Waals surface area contributed by atoms with Crippen molar-refractivity contribution in [3.63, 3.8) is 0 Å². The zero-order valence-corrected chi connectivity index (χ0v) is 15.0. The highest BCUT2D eigenvalue weighted by Gasteiger charge is 2.45. The molecule has 1 saturated carbocycles. The third kappa shape index (κ3) is 4.07. The molecule has 0 radical (unpaired) electrons. The molecule has 1 aromatic rings. The lowest BCUT2D eigenvalue weighted by molar-refractivity contribution is -0.144. The third-order valence-electron chi connectivity index (χ3n) is 4.25. The van der Waals surface area contributed by atoms with E-state index in [1.165, 1.54) is 0 Å². The molecule has 1 aliphatic rings. The summed E-state index contributed by atoms with van der Waals surface area (Å²) in [6.07, 6.45) is 0.110. The Labute approximate surface area is 145 Å². The van der Waals surface area contributed by atoms with Crippen LogP contribution in [0.3, 0.4) is 0 Å². The van der Waals surface area contributed by atoms with Gasteiger partial charge in [-0.1, -0.05) is 11.6 Å². The molecule has 8 heteroatoms. The first-order valence-electron chi connectivity index (χ1n) is 7.66. The van der Waals surface area contributed by atoms with Crippen molar-refractivity contribution < 1.29 is 27.4 Å². The van der Waals surface area contributed by atoms with Gasteiger partial charge in [0.05, 0.1) is 33.8 Å². The first-order valence-corrected chi connectivity index (χ1v) is 9.58. The van der Waals surface area contributed by atoms with E-state index in [4.69, 9.17) is 16.3 Å². The van der Waals surface area contributed by atoms with Crippen LogP contribution in [0.25, 0.3) is 0 Å². The highest BCUT2D eigenvalue weighted by Crippen LogP contribution is 2.40. The van der Waals surface area contributed by atoms with Gasteiger partial charge in [-0.3, -0.25) is 4.79 Å². The maximum Gasteiger partial charge on any atom is 0.306 e. The fourth-order valence-electron chi connectivity index (χ4n) is 3.02. The van der Waals surface area contributed by atoms with Crippen LogP contribution in [0.2, 0.25) is 5.02 Å². The molecule has 1 fully saturated rings. The van der Waals surface area contributed by atoms with Crippen LogP contribution >= 0.6 is 11.6 Å². The van der Waals surface area contributed by atoms with Gasteiger partial charge in [0, 0.05) is 0 Å². The van der Waals surface area contributed by atoms with Crippen molar-refractivity contribution in [3.05, 3.63) is 29.0 Å². The van der Waals surface area contributed by atoms with Crippen molar-refractivity contribution in [3.8, 4) is 0 Å². The maximum absolute atomic E-state index is 13.1. The van der Waals surface area contributed by atoms with E-state index in [1.54, 1.807) is 0 Å². The Balaban J connectivity index is 2.26. The summed E-state index contributed by atoms with van der Waals surface area (Å²) in [5.41, 5.74) is 0. The Morgan fingerprint density at radius 2 is 2.08 bits per heavy atom. The van der Waals surface area contributed by atoms with E-state index in [9.17, 15) is 22.7 Å². The topological polar surface area (TPSA) is 80.7 Å². The van der Waals surface area contributed by atoms with E-state index >= 15 is 0 Å². The average Bonchev–Trinajstić information content (AvgIpc) is 2.89. The summed E-state index contributed by atoms with van der Waals surface area (Å²) in [6.45, 7) is 3.85. The second-order valence-corrected chi connectivity index (χ2v) is 8.90. The van der Waals surface area contributed by atoms with Gasteiger partial charge in [-0.25, -0.2) is 12.8 Å². The molecule has 3 atom stereocenters. The molecule has 5 nitrogen and oxygen atoms in total. The van der Waals surface area contributed by atoms with Crippen LogP contribution in [0.4, 0.5) is 4.39 Å². The smallest absolute Gasteiger partial charge is 0.306 e. The molecule has 0 bridgehead atoms. The van der Waals surface area contributed by atoms with Crippen molar-refractivity contribution in [2.75, 3.05) is 6.61 Å². The van der Waals surface area contributed by atoms with Gasteiger partial charge in [0.15, 0.2) is 9.84 Å². The average molecular weight is 379 g/mol. The minimum atomic E-state index is -3.84. The third-order valence-corrected chi connectivity index (χ3v) is 6.91. The Morgan fingerprint density at radius 1 is 1.42 bits per heavy atom. The van der Waals surface area contributed by atoms with Crippen LogP contribution < -0.4 is 0 Å². The lowest BCUT2D eigenvalue weighted by Gasteiger charge is -2.17. The van der Waals surface area contributed by atoms with Crippen LogP contribution in [-0.2, 0) is 19.4 Å². The van der Waals surface area contributed by atoms with Gasteiger partial charge in [0.25, 0.3) is 0 Å². The fourth-order valence-corrected chi connectivity index (χ4v) is 5.41. The lowest BCUT2D eigenvalue weighted by atomic mass is 9.97. The quantitative estimate of drug-likeness (QED) is 0.769. The Bertz CT molecular complexity index is 719. The summed E-state index contributed by atoms with van der Waals surface area (Å²) in [5, 5.41) is 8.30. The van der Waals surface area contributed by atoms with Gasteiger partial charge < -0.3 is 9.84 Å². The summed E-state index contributed by atoms with van der Waals surface area (Å²) >= 11 is 5.87. The first kappa shape index (κ1) is 19.1. The lowest BCUT2D eigenvalue weighted by Crippen LogP contribution is -2.23. The molecule has 2 rings (SSSR count). The molecule has 24 heavy (non-hydrogen) atoms. The summed E-state index contributed by atoms with van der Waals surface area (Å²) in [5.74, 6) is -2.83. The van der Waals surface area contributed by atoms with E-state index in [0.717, 1.165) is 18.2 Å². The summed E-state index contributed by atoms with van der Waals surface area (Å²) in [7, 11) is -3.84. The molecule has 0 amide bonds. The van der Waals surface area contributed by atoms with Gasteiger partial charge in [-0.2, -0.15) is 0 Å². The Morgan fingerprint density at radius 3 is 2.62 bits per heavy atom. The number of benzene rings is 1. The van der Waals surface area contributed by atoms with E-state index in [0.29, 0.717) is 0 Å². The molecule has 0 aliphatic heterocycles. The number of rotatable bonds is 6. The van der Waals surface area contributed by atoms with Crippen LogP contribution in [0.1, 0.15) is 26.7 Å². The van der Waals surface area contributed by atoms with Crippen LogP contribution in [0, 0.1) is 17.7 Å². The van der Waals surface area contributed by atoms with E-state index in [2.05, 4.69) is 0 Å². The Hall–Kier alpha value is -1.18. The van der Waals surface area contributed by atoms with Gasteiger partial charge >= 0.3 is 5.97 Å². The van der Waals surface area contributed by atoms with Crippen LogP contribution in [0.15, 0.2) is 23.1 Å². The van der Waals surface area contributed by atoms with Gasteiger partial charge in [-0.05, 0) is 50.8 Å². The maximum atomic E-state index is 13.1. The Kier molecular flexibility index (Phi) is 5.88. The molecule has 1 aliphatic carbocycles. The number of ether oxygens (including phenoxy) is 1. The van der Waals surface area contributed by atoms with Crippen molar-refractivity contribution in [2.24, 2.45) is 11.8 Å². The molecule has 0 aromatic heterocycles. The summed E-state index contributed by atoms with van der Waals surface area (Å²) < 4.78 is 44.2. The van der Waals surface area contributed by atoms with E-state index in [1.807, 2.05) is 13.8 Å². The summed E-state index contributed by atoms with van der Waals surface area (Å²) in [6, 6.07) is 3.10. The number of carboxylic acid groups (broad SMARTS) is 1. The predicted molar refractivity (Wildman–Crippen MR) is 87.3 cm³/mol. The molecule has 1 N–H and O–H groups in total. The van der Waals surface area contributed by atoms with Crippen molar-refractivity contribution >= 4 is 27.4 Å². The molecule has 1 aromatic carbocycles. The number of aliphatic carboxylic acids is 1. The zero-order chi connectivity index (χ0) is 18.1. The van der Waals surface area contributed by atoms with Crippen LogP contribution in [0.5, 0.6) is 0 Å². The first-order chi connectivity index (χ1) is 11.1. The largest absolute Gasteiger partial charge is 0.481 e. The predicted octanol–water partition coefficient (Wildman–Crippen LogP) is 3.16. The number of carboxylic acids is 1. The second kappa shape index (κ2) is 7.37. The number of halogens is 2. The standard InChI is InChI=1S/C16H20ClFO5S/c1-9(2)23-8-10-5-12(7-13(10)16(19)20)24(21,22)15-4-3-11(18)6-14(15)17/h3-4,6,9-10,12-13H,5,7-8H2,1-2H3,(H,19,20)/t10-,12-,13+/m0/s1. The molecular formula is C16H20ClFO5S. The molecule has 0 spiro atoms. The molecular weight excluding hydrogens is 359 g/mol. The zero-order valence-electron chi connectivity index (χ0n) is 13.4. The fraction of sp³-hybridized carbons (Fsp3) is 0.562. The van der Waals surface area contributed by atoms with Gasteiger partial charge in [0.1, 0.15) is 5.82 Å². The SMILES string of the molecule is CC(C)OC[C@@H]1C[C@H](S(=O)(=O)c2ccc(F)cc2Cl)C[C@H]1C(=O)O.